The summed E-state index contributed by atoms with van der Waals surface area (Å²) >= 11 is 0. The molecule has 0 aromatic carbocycles. The van der Waals surface area contributed by atoms with Crippen LogP contribution in [0.25, 0.3) is 0 Å². The fourth-order valence-electron chi connectivity index (χ4n) is 1.03. The first-order valence-corrected chi connectivity index (χ1v) is 4.37. The number of aromatic nitrogens is 1. The van der Waals surface area contributed by atoms with E-state index >= 15 is 0 Å². The molecule has 0 spiro atoms. The lowest BCUT2D eigenvalue weighted by Gasteiger charge is -2.05. The van der Waals surface area contributed by atoms with Crippen molar-refractivity contribution in [3.63, 3.8) is 0 Å². The van der Waals surface area contributed by atoms with Crippen LogP contribution in [0.1, 0.15) is 0 Å². The summed E-state index contributed by atoms with van der Waals surface area (Å²) in [7, 11) is 3.85. The Balaban J connectivity index is 2.53. The Kier molecular flexibility index (Phi) is 3.52. The van der Waals surface area contributed by atoms with Crippen LogP contribution in [0.5, 0.6) is 0 Å². The normalized spacial score (nSPS) is 10.0. The number of nitrogens with zero attached hydrogens (tertiary/aromatic N) is 1. The van der Waals surface area contributed by atoms with Crippen LogP contribution >= 0.6 is 0 Å². The quantitative estimate of drug-likeness (QED) is 0.442. The molecule has 0 atom stereocenters. The maximum atomic E-state index is 5.73. The second kappa shape index (κ2) is 4.67. The molecule has 0 aliphatic heterocycles. The molecular formula is C9H17N4+. The van der Waals surface area contributed by atoms with Gasteiger partial charge in [0, 0.05) is 24.8 Å². The van der Waals surface area contributed by atoms with Crippen LogP contribution in [-0.4, -0.2) is 20.1 Å². The molecule has 13 heavy (non-hydrogen) atoms. The van der Waals surface area contributed by atoms with Crippen LogP contribution in [0, 0.1) is 0 Å². The van der Waals surface area contributed by atoms with Crippen molar-refractivity contribution in [3.05, 3.63) is 18.3 Å². The number of hydrogen-bond donors (Lipinski definition) is 3. The van der Waals surface area contributed by atoms with Gasteiger partial charge in [-0.15, -0.1) is 0 Å². The van der Waals surface area contributed by atoms with Crippen LogP contribution in [0.3, 0.4) is 0 Å². The highest BCUT2D eigenvalue weighted by Crippen LogP contribution is 2.06. The molecule has 1 aromatic rings. The molecular weight excluding hydrogens is 164 g/mol. The molecule has 0 radical (unpaired) electrons. The van der Waals surface area contributed by atoms with E-state index in [-0.39, 0.29) is 0 Å². The van der Waals surface area contributed by atoms with Gasteiger partial charge in [0.2, 0.25) is 0 Å². The predicted molar refractivity (Wildman–Crippen MR) is 54.4 cm³/mol. The van der Waals surface area contributed by atoms with Gasteiger partial charge in [-0.1, -0.05) is 0 Å². The molecule has 1 rings (SSSR count). The number of pyridine rings is 1. The van der Waals surface area contributed by atoms with Crippen LogP contribution < -0.4 is 20.9 Å². The zero-order chi connectivity index (χ0) is 9.68. The third-order valence-electron chi connectivity index (χ3n) is 1.89. The molecule has 0 bridgehead atoms. The lowest BCUT2D eigenvalue weighted by atomic mass is 10.3. The average Bonchev–Trinajstić information content (AvgIpc) is 2.12. The number of likely N-dealkylation sites (N-methyl/N-ethyl adjacent to an activating group) is 1. The lowest BCUT2D eigenvalue weighted by molar-refractivity contribution is -0.656. The van der Waals surface area contributed by atoms with E-state index in [0.717, 1.165) is 24.6 Å². The highest BCUT2D eigenvalue weighted by molar-refractivity contribution is 5.46. The first-order valence-electron chi connectivity index (χ1n) is 4.37. The van der Waals surface area contributed by atoms with Crippen molar-refractivity contribution >= 4 is 11.5 Å². The highest BCUT2D eigenvalue weighted by atomic mass is 15.0. The minimum absolute atomic E-state index is 0.759. The van der Waals surface area contributed by atoms with Crippen molar-refractivity contribution in [3.8, 4) is 0 Å². The highest BCUT2D eigenvalue weighted by Gasteiger charge is 1.99. The number of nitrogen functional groups attached to an aromatic ring is 1. The van der Waals surface area contributed by atoms with E-state index in [2.05, 4.69) is 10.6 Å². The second-order valence-electron chi connectivity index (χ2n) is 2.98. The van der Waals surface area contributed by atoms with E-state index in [9.17, 15) is 0 Å². The summed E-state index contributed by atoms with van der Waals surface area (Å²) in [5.74, 6) is 0.759. The van der Waals surface area contributed by atoms with Crippen LogP contribution in [0.2, 0.25) is 0 Å². The van der Waals surface area contributed by atoms with E-state index in [0.29, 0.717) is 0 Å². The molecule has 4 nitrogen and oxygen atoms in total. The summed E-state index contributed by atoms with van der Waals surface area (Å²) in [6.07, 6.45) is 1.94. The van der Waals surface area contributed by atoms with Gasteiger partial charge in [-0.05, 0) is 7.05 Å². The van der Waals surface area contributed by atoms with Crippen LogP contribution in [0.15, 0.2) is 18.3 Å². The molecule has 0 saturated carbocycles. The van der Waals surface area contributed by atoms with Crippen LogP contribution in [0.4, 0.5) is 11.5 Å². The molecule has 0 amide bonds. The Morgan fingerprint density at radius 3 is 2.85 bits per heavy atom. The van der Waals surface area contributed by atoms with Gasteiger partial charge < -0.3 is 10.6 Å². The topological polar surface area (TPSA) is 54.0 Å². The Labute approximate surface area is 78.8 Å². The molecule has 0 saturated heterocycles. The average molecular weight is 181 g/mol. The molecule has 0 aliphatic carbocycles. The van der Waals surface area contributed by atoms with Gasteiger partial charge in [0.15, 0.2) is 0 Å². The Morgan fingerprint density at radius 1 is 1.46 bits per heavy atom. The van der Waals surface area contributed by atoms with Crippen molar-refractivity contribution in [2.75, 3.05) is 31.2 Å². The summed E-state index contributed by atoms with van der Waals surface area (Å²) in [5, 5.41) is 6.32. The maximum Gasteiger partial charge on any atom is 0.274 e. The molecule has 0 unspecified atom stereocenters. The second-order valence-corrected chi connectivity index (χ2v) is 2.98. The van der Waals surface area contributed by atoms with Gasteiger partial charge in [-0.2, -0.15) is 0 Å². The zero-order valence-corrected chi connectivity index (χ0v) is 8.17. The van der Waals surface area contributed by atoms with E-state index in [1.807, 2.05) is 37.0 Å². The SMILES string of the molecule is CNCCNc1cc[n+](C)c(N)c1. The first kappa shape index (κ1) is 9.80. The first-order chi connectivity index (χ1) is 6.24. The molecule has 4 N–H and O–H groups in total. The smallest absolute Gasteiger partial charge is 0.274 e. The maximum absolute atomic E-state index is 5.73. The van der Waals surface area contributed by atoms with Crippen LogP contribution in [-0.2, 0) is 7.05 Å². The molecule has 1 aromatic heterocycles. The van der Waals surface area contributed by atoms with Gasteiger partial charge in [-0.25, -0.2) is 4.57 Å². The van der Waals surface area contributed by atoms with Gasteiger partial charge in [0.05, 0.1) is 19.3 Å². The number of anilines is 2. The van der Waals surface area contributed by atoms with Gasteiger partial charge in [0.25, 0.3) is 5.82 Å². The minimum Gasteiger partial charge on any atom is -0.383 e. The van der Waals surface area contributed by atoms with Gasteiger partial charge >= 0.3 is 0 Å². The molecule has 0 fully saturated rings. The molecule has 0 aliphatic rings. The summed E-state index contributed by atoms with van der Waals surface area (Å²) < 4.78 is 1.88. The number of nitrogens with one attached hydrogen (secondary N) is 2. The van der Waals surface area contributed by atoms with Gasteiger partial charge in [-0.3, -0.25) is 5.73 Å². The summed E-state index contributed by atoms with van der Waals surface area (Å²) in [6, 6.07) is 3.93. The van der Waals surface area contributed by atoms with E-state index in [1.165, 1.54) is 0 Å². The fourth-order valence-corrected chi connectivity index (χ4v) is 1.03. The third kappa shape index (κ3) is 2.91. The van der Waals surface area contributed by atoms with Gasteiger partial charge in [0.1, 0.15) is 0 Å². The van der Waals surface area contributed by atoms with E-state index in [1.54, 1.807) is 0 Å². The summed E-state index contributed by atoms with van der Waals surface area (Å²) in [5.41, 5.74) is 6.79. The van der Waals surface area contributed by atoms with Crippen molar-refractivity contribution in [1.82, 2.24) is 5.32 Å². The lowest BCUT2D eigenvalue weighted by Crippen LogP contribution is -2.31. The predicted octanol–water partition coefficient (Wildman–Crippen LogP) is -0.275. The third-order valence-corrected chi connectivity index (χ3v) is 1.89. The largest absolute Gasteiger partial charge is 0.383 e. The molecule has 4 heteroatoms. The zero-order valence-electron chi connectivity index (χ0n) is 8.17. The summed E-state index contributed by atoms with van der Waals surface area (Å²) in [4.78, 5) is 0. The number of hydrogen-bond acceptors (Lipinski definition) is 3. The number of aryl methyl sites for hydroxylation is 1. The van der Waals surface area contributed by atoms with Crippen molar-refractivity contribution < 1.29 is 4.57 Å². The molecule has 1 heterocycles. The van der Waals surface area contributed by atoms with Crippen molar-refractivity contribution in [1.29, 1.82) is 0 Å². The Bertz CT molecular complexity index is 272. The van der Waals surface area contributed by atoms with E-state index in [4.69, 9.17) is 5.73 Å². The Morgan fingerprint density at radius 2 is 2.23 bits per heavy atom. The number of nitrogens with two attached hydrogens (primary N) is 1. The summed E-state index contributed by atoms with van der Waals surface area (Å²) in [6.45, 7) is 1.85. The van der Waals surface area contributed by atoms with E-state index < -0.39 is 0 Å². The van der Waals surface area contributed by atoms with Crippen molar-refractivity contribution in [2.45, 2.75) is 0 Å². The monoisotopic (exact) mass is 181 g/mol. The number of rotatable bonds is 4. The fraction of sp³-hybridized carbons (Fsp3) is 0.444. The van der Waals surface area contributed by atoms with Crippen molar-refractivity contribution in [2.24, 2.45) is 7.05 Å². The standard InChI is InChI=1S/C9H16N4/c1-11-4-5-12-8-3-6-13(2)9(10)7-8/h3,6-7,11H,4-5H2,1-2H3,(H2,10,12)/p+1. The molecule has 72 valence electrons. The minimum atomic E-state index is 0.759. The Hall–Kier alpha value is -1.29.